The first-order chi connectivity index (χ1) is 8.63. The molecule has 0 unspecified atom stereocenters. The van der Waals surface area contributed by atoms with Crippen molar-refractivity contribution in [3.8, 4) is 0 Å². The van der Waals surface area contributed by atoms with Crippen molar-refractivity contribution in [1.29, 1.82) is 0 Å². The maximum atomic E-state index is 13.0. The maximum Gasteiger partial charge on any atom is 0.130 e. The highest BCUT2D eigenvalue weighted by Crippen LogP contribution is 2.12. The number of aromatic nitrogens is 2. The third-order valence-corrected chi connectivity index (χ3v) is 2.82. The molecule has 0 atom stereocenters. The van der Waals surface area contributed by atoms with Crippen LogP contribution in [0.5, 0.6) is 0 Å². The summed E-state index contributed by atoms with van der Waals surface area (Å²) in [6.45, 7) is 2.54. The highest BCUT2D eigenvalue weighted by atomic mass is 79.9. The van der Waals surface area contributed by atoms with Crippen molar-refractivity contribution >= 4 is 21.7 Å². The van der Waals surface area contributed by atoms with E-state index in [1.165, 1.54) is 6.07 Å². The molecule has 0 aliphatic heterocycles. The molecule has 18 heavy (non-hydrogen) atoms. The average Bonchev–Trinajstić information content (AvgIpc) is 2.27. The first-order valence-corrected chi connectivity index (χ1v) is 6.42. The van der Waals surface area contributed by atoms with Gasteiger partial charge < -0.3 is 5.32 Å². The van der Waals surface area contributed by atoms with Gasteiger partial charge in [-0.2, -0.15) is 0 Å². The van der Waals surface area contributed by atoms with Gasteiger partial charge in [0.2, 0.25) is 0 Å². The zero-order chi connectivity index (χ0) is 13.0. The third-order valence-electron chi connectivity index (χ3n) is 2.42. The summed E-state index contributed by atoms with van der Waals surface area (Å²) in [4.78, 5) is 8.38. The zero-order valence-corrected chi connectivity index (χ0v) is 11.5. The van der Waals surface area contributed by atoms with Crippen molar-refractivity contribution in [1.82, 2.24) is 9.97 Å². The Morgan fingerprint density at radius 1 is 1.28 bits per heavy atom. The fourth-order valence-corrected chi connectivity index (χ4v) is 2.12. The Balaban J connectivity index is 1.92. The van der Waals surface area contributed by atoms with Crippen LogP contribution in [0.25, 0.3) is 0 Å². The number of nitrogens with one attached hydrogen (secondary N) is 1. The maximum absolute atomic E-state index is 13.0. The van der Waals surface area contributed by atoms with Crippen molar-refractivity contribution in [2.24, 2.45) is 0 Å². The van der Waals surface area contributed by atoms with E-state index in [1.54, 1.807) is 12.1 Å². The minimum atomic E-state index is -0.201. The van der Waals surface area contributed by atoms with Gasteiger partial charge in [0.05, 0.1) is 0 Å². The van der Waals surface area contributed by atoms with Gasteiger partial charge in [-0.05, 0) is 47.0 Å². The predicted octanol–water partition coefficient (Wildman–Crippen LogP) is 3.34. The molecule has 0 fully saturated rings. The quantitative estimate of drug-likeness (QED) is 0.880. The van der Waals surface area contributed by atoms with Crippen LogP contribution in [-0.4, -0.2) is 16.5 Å². The van der Waals surface area contributed by atoms with E-state index in [-0.39, 0.29) is 5.82 Å². The molecule has 3 nitrogen and oxygen atoms in total. The number of hydrogen-bond donors (Lipinski definition) is 1. The van der Waals surface area contributed by atoms with Gasteiger partial charge in [0.1, 0.15) is 22.1 Å². The van der Waals surface area contributed by atoms with Crippen LogP contribution in [0.1, 0.15) is 11.4 Å². The molecule has 0 spiro atoms. The summed E-state index contributed by atoms with van der Waals surface area (Å²) in [5.41, 5.74) is 0.965. The average molecular weight is 310 g/mol. The zero-order valence-electron chi connectivity index (χ0n) is 9.95. The van der Waals surface area contributed by atoms with Crippen LogP contribution in [0.15, 0.2) is 34.9 Å². The second-order valence-electron chi connectivity index (χ2n) is 3.93. The lowest BCUT2D eigenvalue weighted by Crippen LogP contribution is -2.07. The van der Waals surface area contributed by atoms with Crippen molar-refractivity contribution in [3.63, 3.8) is 0 Å². The van der Waals surface area contributed by atoms with Crippen LogP contribution in [0.3, 0.4) is 0 Å². The van der Waals surface area contributed by atoms with Crippen molar-refractivity contribution in [2.45, 2.75) is 13.3 Å². The summed E-state index contributed by atoms with van der Waals surface area (Å²) in [7, 11) is 0. The Kier molecular flexibility index (Phi) is 4.25. The molecule has 5 heteroatoms. The third kappa shape index (κ3) is 3.77. The number of benzene rings is 1. The van der Waals surface area contributed by atoms with Crippen LogP contribution in [0.4, 0.5) is 10.2 Å². The molecule has 2 aromatic rings. The second kappa shape index (κ2) is 5.91. The minimum Gasteiger partial charge on any atom is -0.370 e. The van der Waals surface area contributed by atoms with Gasteiger partial charge in [0.25, 0.3) is 0 Å². The molecule has 1 heterocycles. The molecule has 0 saturated carbocycles. The first-order valence-electron chi connectivity index (χ1n) is 5.63. The lowest BCUT2D eigenvalue weighted by molar-refractivity contribution is 0.625. The topological polar surface area (TPSA) is 37.8 Å². The van der Waals surface area contributed by atoms with E-state index < -0.39 is 0 Å². The van der Waals surface area contributed by atoms with E-state index >= 15 is 0 Å². The monoisotopic (exact) mass is 309 g/mol. The second-order valence-corrected chi connectivity index (χ2v) is 4.74. The van der Waals surface area contributed by atoms with Crippen molar-refractivity contribution in [2.75, 3.05) is 11.9 Å². The van der Waals surface area contributed by atoms with Crippen LogP contribution in [-0.2, 0) is 6.42 Å². The van der Waals surface area contributed by atoms with Gasteiger partial charge in [0, 0.05) is 12.6 Å². The highest BCUT2D eigenvalue weighted by Gasteiger charge is 2.00. The standard InChI is InChI=1S/C13H13BrFN3/c1-9-17-12(14)8-13(18-9)16-6-5-10-3-2-4-11(15)7-10/h2-4,7-8H,5-6H2,1H3,(H,16,17,18). The number of rotatable bonds is 4. The number of halogens is 2. The molecule has 2 rings (SSSR count). The molecule has 0 aliphatic rings. The van der Waals surface area contributed by atoms with Gasteiger partial charge in [-0.15, -0.1) is 0 Å². The first kappa shape index (κ1) is 13.0. The van der Waals surface area contributed by atoms with E-state index in [0.29, 0.717) is 12.4 Å². The van der Waals surface area contributed by atoms with Crippen molar-refractivity contribution in [3.05, 3.63) is 52.1 Å². The molecule has 0 bridgehead atoms. The molecular weight excluding hydrogens is 297 g/mol. The Hall–Kier alpha value is -1.49. The van der Waals surface area contributed by atoms with Crippen molar-refractivity contribution < 1.29 is 4.39 Å². The van der Waals surface area contributed by atoms with E-state index in [2.05, 4.69) is 31.2 Å². The van der Waals surface area contributed by atoms with Gasteiger partial charge in [-0.3, -0.25) is 0 Å². The molecule has 0 amide bonds. The molecular formula is C13H13BrFN3. The Bertz CT molecular complexity index is 525. The van der Waals surface area contributed by atoms with Crippen LogP contribution >= 0.6 is 15.9 Å². The van der Waals surface area contributed by atoms with Gasteiger partial charge in [0.15, 0.2) is 0 Å². The fraction of sp³-hybridized carbons (Fsp3) is 0.231. The van der Waals surface area contributed by atoms with Gasteiger partial charge >= 0.3 is 0 Å². The van der Waals surface area contributed by atoms with Crippen LogP contribution < -0.4 is 5.32 Å². The largest absolute Gasteiger partial charge is 0.370 e. The molecule has 0 radical (unpaired) electrons. The summed E-state index contributed by atoms with van der Waals surface area (Å²) in [6.07, 6.45) is 0.748. The lowest BCUT2D eigenvalue weighted by Gasteiger charge is -2.06. The summed E-state index contributed by atoms with van der Waals surface area (Å²) < 4.78 is 13.7. The minimum absolute atomic E-state index is 0.201. The molecule has 0 saturated heterocycles. The molecule has 1 aromatic carbocycles. The number of hydrogen-bond acceptors (Lipinski definition) is 3. The number of nitrogens with zero attached hydrogens (tertiary/aromatic N) is 2. The van der Waals surface area contributed by atoms with E-state index in [0.717, 1.165) is 22.4 Å². The molecule has 1 aromatic heterocycles. The van der Waals surface area contributed by atoms with Crippen LogP contribution in [0, 0.1) is 12.7 Å². The number of aryl methyl sites for hydroxylation is 1. The highest BCUT2D eigenvalue weighted by molar-refractivity contribution is 9.10. The molecule has 1 N–H and O–H groups in total. The van der Waals surface area contributed by atoms with E-state index in [4.69, 9.17) is 0 Å². The van der Waals surface area contributed by atoms with E-state index in [1.807, 2.05) is 19.1 Å². The summed E-state index contributed by atoms with van der Waals surface area (Å²) in [5, 5.41) is 3.19. The van der Waals surface area contributed by atoms with Gasteiger partial charge in [-0.1, -0.05) is 12.1 Å². The Morgan fingerprint density at radius 3 is 2.83 bits per heavy atom. The Morgan fingerprint density at radius 2 is 2.11 bits per heavy atom. The summed E-state index contributed by atoms with van der Waals surface area (Å²) in [6, 6.07) is 8.44. The van der Waals surface area contributed by atoms with Crippen LogP contribution in [0.2, 0.25) is 0 Å². The molecule has 94 valence electrons. The predicted molar refractivity (Wildman–Crippen MR) is 73.1 cm³/mol. The smallest absolute Gasteiger partial charge is 0.130 e. The Labute approximate surface area is 114 Å². The summed E-state index contributed by atoms with van der Waals surface area (Å²) in [5.74, 6) is 1.27. The normalized spacial score (nSPS) is 10.4. The molecule has 0 aliphatic carbocycles. The van der Waals surface area contributed by atoms with E-state index in [9.17, 15) is 4.39 Å². The van der Waals surface area contributed by atoms with Gasteiger partial charge in [-0.25, -0.2) is 14.4 Å². The fourth-order valence-electron chi connectivity index (χ4n) is 1.65. The SMILES string of the molecule is Cc1nc(Br)cc(NCCc2cccc(F)c2)n1. The number of anilines is 1. The lowest BCUT2D eigenvalue weighted by atomic mass is 10.1. The summed E-state index contributed by atoms with van der Waals surface area (Å²) >= 11 is 3.32.